The van der Waals surface area contributed by atoms with E-state index < -0.39 is 17.5 Å². The molecule has 0 N–H and O–H groups in total. The monoisotopic (exact) mass is 313 g/mol. The molecule has 0 aliphatic carbocycles. The first-order valence-electron chi connectivity index (χ1n) is 4.99. The molecule has 0 bridgehead atoms. The summed E-state index contributed by atoms with van der Waals surface area (Å²) in [5.41, 5.74) is 0.697. The number of halogens is 4. The van der Waals surface area contributed by atoms with Gasteiger partial charge in [0.15, 0.2) is 11.6 Å². The molecule has 0 spiro atoms. The molecular formula is C13H7BrF3N. The number of hydrogen-bond acceptors (Lipinski definition) is 1. The van der Waals surface area contributed by atoms with Gasteiger partial charge in [-0.25, -0.2) is 13.2 Å². The van der Waals surface area contributed by atoms with E-state index in [0.717, 1.165) is 10.5 Å². The van der Waals surface area contributed by atoms with Crippen molar-refractivity contribution in [2.45, 2.75) is 0 Å². The van der Waals surface area contributed by atoms with E-state index in [4.69, 9.17) is 0 Å². The van der Waals surface area contributed by atoms with Crippen LogP contribution in [0.4, 0.5) is 13.2 Å². The zero-order valence-corrected chi connectivity index (χ0v) is 10.6. The van der Waals surface area contributed by atoms with Gasteiger partial charge in [-0.1, -0.05) is 12.2 Å². The van der Waals surface area contributed by atoms with Gasteiger partial charge in [-0.2, -0.15) is 0 Å². The Morgan fingerprint density at radius 3 is 2.33 bits per heavy atom. The highest BCUT2D eigenvalue weighted by molar-refractivity contribution is 9.10. The smallest absolute Gasteiger partial charge is 0.161 e. The van der Waals surface area contributed by atoms with Crippen LogP contribution in [0.1, 0.15) is 11.1 Å². The first-order valence-corrected chi connectivity index (χ1v) is 5.79. The first-order chi connectivity index (χ1) is 8.56. The Bertz CT molecular complexity index is 611. The summed E-state index contributed by atoms with van der Waals surface area (Å²) < 4.78 is 39.8. The van der Waals surface area contributed by atoms with Crippen LogP contribution in [0.15, 0.2) is 35.1 Å². The lowest BCUT2D eigenvalue weighted by molar-refractivity contribution is 0.494. The summed E-state index contributed by atoms with van der Waals surface area (Å²) in [5.74, 6) is -3.09. The fourth-order valence-corrected chi connectivity index (χ4v) is 1.75. The average Bonchev–Trinajstić information content (AvgIpc) is 2.32. The van der Waals surface area contributed by atoms with Crippen LogP contribution >= 0.6 is 15.9 Å². The summed E-state index contributed by atoms with van der Waals surface area (Å²) >= 11 is 3.24. The number of pyridine rings is 1. The zero-order chi connectivity index (χ0) is 13.1. The minimum absolute atomic E-state index is 0.0196. The van der Waals surface area contributed by atoms with Gasteiger partial charge in [0.05, 0.1) is 0 Å². The Morgan fingerprint density at radius 1 is 0.889 bits per heavy atom. The van der Waals surface area contributed by atoms with Crippen LogP contribution in [-0.2, 0) is 0 Å². The molecule has 1 nitrogen and oxygen atoms in total. The highest BCUT2D eigenvalue weighted by atomic mass is 79.9. The van der Waals surface area contributed by atoms with Crippen LogP contribution in [0, 0.1) is 17.5 Å². The molecule has 0 atom stereocenters. The maximum absolute atomic E-state index is 13.3. The molecule has 0 aliphatic heterocycles. The summed E-state index contributed by atoms with van der Waals surface area (Å²) in [6, 6.07) is 3.10. The second kappa shape index (κ2) is 5.35. The van der Waals surface area contributed by atoms with Crippen LogP contribution in [0.5, 0.6) is 0 Å². The van der Waals surface area contributed by atoms with Crippen LogP contribution in [0.2, 0.25) is 0 Å². The second-order valence-electron chi connectivity index (χ2n) is 3.56. The Kier molecular flexibility index (Phi) is 3.81. The molecule has 0 amide bonds. The lowest BCUT2D eigenvalue weighted by Gasteiger charge is -1.99. The van der Waals surface area contributed by atoms with E-state index >= 15 is 0 Å². The highest BCUT2D eigenvalue weighted by Gasteiger charge is 2.07. The van der Waals surface area contributed by atoms with Crippen molar-refractivity contribution in [1.82, 2.24) is 4.98 Å². The van der Waals surface area contributed by atoms with Gasteiger partial charge in [-0.3, -0.25) is 4.98 Å². The van der Waals surface area contributed by atoms with Crippen molar-refractivity contribution < 1.29 is 13.2 Å². The predicted octanol–water partition coefficient (Wildman–Crippen LogP) is 4.43. The Morgan fingerprint density at radius 2 is 1.61 bits per heavy atom. The lowest BCUT2D eigenvalue weighted by Crippen LogP contribution is -1.90. The van der Waals surface area contributed by atoms with E-state index in [-0.39, 0.29) is 5.56 Å². The standard InChI is InChI=1S/C13H7BrF3N/c14-10-3-8(6-18-7-10)1-2-9-4-12(16)13(17)5-11(9)15/h1-7H/b2-1+. The largest absolute Gasteiger partial charge is 0.263 e. The molecule has 0 saturated carbocycles. The van der Waals surface area contributed by atoms with E-state index in [9.17, 15) is 13.2 Å². The van der Waals surface area contributed by atoms with Gasteiger partial charge in [-0.05, 0) is 33.6 Å². The molecule has 2 rings (SSSR count). The van der Waals surface area contributed by atoms with Crippen LogP contribution in [0.25, 0.3) is 12.2 Å². The van der Waals surface area contributed by atoms with Gasteiger partial charge < -0.3 is 0 Å². The van der Waals surface area contributed by atoms with Crippen LogP contribution < -0.4 is 0 Å². The summed E-state index contributed by atoms with van der Waals surface area (Å²) in [4.78, 5) is 3.92. The van der Waals surface area contributed by atoms with E-state index in [2.05, 4.69) is 20.9 Å². The third kappa shape index (κ3) is 2.98. The third-order valence-corrected chi connectivity index (χ3v) is 2.65. The van der Waals surface area contributed by atoms with Crippen molar-refractivity contribution in [3.63, 3.8) is 0 Å². The summed E-state index contributed by atoms with van der Waals surface area (Å²) in [7, 11) is 0. The quantitative estimate of drug-likeness (QED) is 0.747. The number of benzene rings is 1. The van der Waals surface area contributed by atoms with Gasteiger partial charge >= 0.3 is 0 Å². The van der Waals surface area contributed by atoms with Crippen LogP contribution in [-0.4, -0.2) is 4.98 Å². The minimum Gasteiger partial charge on any atom is -0.263 e. The normalized spacial score (nSPS) is 11.1. The highest BCUT2D eigenvalue weighted by Crippen LogP contribution is 2.17. The van der Waals surface area contributed by atoms with Gasteiger partial charge in [0, 0.05) is 28.5 Å². The summed E-state index contributed by atoms with van der Waals surface area (Å²) in [6.45, 7) is 0. The molecule has 1 aromatic carbocycles. The zero-order valence-electron chi connectivity index (χ0n) is 9.00. The van der Waals surface area contributed by atoms with Gasteiger partial charge in [0.25, 0.3) is 0 Å². The fraction of sp³-hybridized carbons (Fsp3) is 0. The molecule has 18 heavy (non-hydrogen) atoms. The molecule has 5 heteroatoms. The Labute approximate surface area is 110 Å². The topological polar surface area (TPSA) is 12.9 Å². The molecule has 0 unspecified atom stereocenters. The van der Waals surface area contributed by atoms with E-state index in [0.29, 0.717) is 11.6 Å². The van der Waals surface area contributed by atoms with Crippen LogP contribution in [0.3, 0.4) is 0 Å². The van der Waals surface area contributed by atoms with Gasteiger partial charge in [-0.15, -0.1) is 0 Å². The second-order valence-corrected chi connectivity index (χ2v) is 4.47. The Balaban J connectivity index is 2.32. The summed E-state index contributed by atoms with van der Waals surface area (Å²) in [5, 5.41) is 0. The lowest BCUT2D eigenvalue weighted by atomic mass is 10.1. The van der Waals surface area contributed by atoms with E-state index in [1.54, 1.807) is 24.5 Å². The summed E-state index contributed by atoms with van der Waals surface area (Å²) in [6.07, 6.45) is 6.10. The third-order valence-electron chi connectivity index (χ3n) is 2.22. The van der Waals surface area contributed by atoms with Gasteiger partial charge in [0.2, 0.25) is 0 Å². The fourth-order valence-electron chi connectivity index (χ4n) is 1.37. The average molecular weight is 314 g/mol. The van der Waals surface area contributed by atoms with E-state index in [1.807, 2.05) is 0 Å². The number of hydrogen-bond donors (Lipinski definition) is 0. The molecule has 0 saturated heterocycles. The molecule has 2 aromatic rings. The molecular weight excluding hydrogens is 307 g/mol. The number of rotatable bonds is 2. The predicted molar refractivity (Wildman–Crippen MR) is 67.2 cm³/mol. The molecule has 0 radical (unpaired) electrons. The molecule has 1 heterocycles. The van der Waals surface area contributed by atoms with Crippen molar-refractivity contribution in [2.24, 2.45) is 0 Å². The first kappa shape index (κ1) is 12.8. The Hall–Kier alpha value is -1.62. The SMILES string of the molecule is Fc1cc(F)c(/C=C/c2cncc(Br)c2)cc1F. The van der Waals surface area contributed by atoms with Crippen molar-refractivity contribution in [1.29, 1.82) is 0 Å². The number of aromatic nitrogens is 1. The van der Waals surface area contributed by atoms with Crippen molar-refractivity contribution in [3.05, 3.63) is 63.6 Å². The molecule has 0 aliphatic rings. The van der Waals surface area contributed by atoms with Crippen molar-refractivity contribution in [3.8, 4) is 0 Å². The molecule has 92 valence electrons. The van der Waals surface area contributed by atoms with E-state index in [1.165, 1.54) is 6.08 Å². The van der Waals surface area contributed by atoms with Crippen molar-refractivity contribution in [2.75, 3.05) is 0 Å². The van der Waals surface area contributed by atoms with Crippen molar-refractivity contribution >= 4 is 28.1 Å². The maximum Gasteiger partial charge on any atom is 0.161 e. The maximum atomic E-state index is 13.3. The van der Waals surface area contributed by atoms with Gasteiger partial charge in [0.1, 0.15) is 5.82 Å². The number of nitrogens with zero attached hydrogens (tertiary/aromatic N) is 1. The molecule has 1 aromatic heterocycles. The molecule has 0 fully saturated rings. The minimum atomic E-state index is -1.20.